The first-order valence-electron chi connectivity index (χ1n) is 11.0. The van der Waals surface area contributed by atoms with Gasteiger partial charge in [0.05, 0.1) is 25.8 Å². The molecule has 30 heavy (non-hydrogen) atoms. The maximum Gasteiger partial charge on any atom is 0.191 e. The molecule has 2 N–H and O–H groups in total. The fourth-order valence-electron chi connectivity index (χ4n) is 4.20. The van der Waals surface area contributed by atoms with Gasteiger partial charge in [0, 0.05) is 52.4 Å². The van der Waals surface area contributed by atoms with Crippen molar-refractivity contribution in [2.75, 3.05) is 45.1 Å². The quantitative estimate of drug-likeness (QED) is 0.286. The molecule has 0 radical (unpaired) electrons. The summed E-state index contributed by atoms with van der Waals surface area (Å²) in [5.41, 5.74) is 0. The van der Waals surface area contributed by atoms with Crippen molar-refractivity contribution >= 4 is 52.1 Å². The topological polar surface area (TPSA) is 66.0 Å². The third-order valence-corrected chi connectivity index (χ3v) is 8.46. The number of halogens is 1. The molecule has 0 bridgehead atoms. The number of ether oxygens (including phenoxy) is 1. The van der Waals surface area contributed by atoms with Crippen LogP contribution in [-0.2, 0) is 15.5 Å². The van der Waals surface area contributed by atoms with Gasteiger partial charge in [-0.05, 0) is 37.6 Å². The molecule has 3 rings (SSSR count). The average Bonchev–Trinajstić information content (AvgIpc) is 3.29. The van der Waals surface area contributed by atoms with Crippen molar-refractivity contribution in [3.8, 4) is 0 Å². The summed E-state index contributed by atoms with van der Waals surface area (Å²) in [5.74, 6) is 1.64. The Morgan fingerprint density at radius 3 is 2.83 bits per heavy atom. The molecule has 9 heteroatoms. The van der Waals surface area contributed by atoms with E-state index in [0.29, 0.717) is 17.3 Å². The van der Waals surface area contributed by atoms with E-state index in [2.05, 4.69) is 40.0 Å². The maximum absolute atomic E-state index is 12.3. The van der Waals surface area contributed by atoms with Crippen LogP contribution in [0.25, 0.3) is 0 Å². The molecule has 1 aliphatic heterocycles. The molecular weight excluding hydrogens is 531 g/mol. The zero-order valence-electron chi connectivity index (χ0n) is 18.2. The highest BCUT2D eigenvalue weighted by atomic mass is 127. The molecule has 4 unspecified atom stereocenters. The molecule has 1 saturated heterocycles. The zero-order chi connectivity index (χ0) is 20.5. The largest absolute Gasteiger partial charge is 0.379 e. The molecule has 4 atom stereocenters. The van der Waals surface area contributed by atoms with E-state index >= 15 is 0 Å². The maximum atomic E-state index is 12.3. The molecular formula is C21H37IN4O2S2. The molecule has 172 valence electrons. The highest BCUT2D eigenvalue weighted by Gasteiger charge is 2.27. The van der Waals surface area contributed by atoms with Crippen LogP contribution in [0.4, 0.5) is 0 Å². The Labute approximate surface area is 205 Å². The van der Waals surface area contributed by atoms with E-state index in [1.54, 1.807) is 11.3 Å². The lowest BCUT2D eigenvalue weighted by atomic mass is 9.95. The highest BCUT2D eigenvalue weighted by molar-refractivity contribution is 14.0. The van der Waals surface area contributed by atoms with E-state index in [0.717, 1.165) is 76.8 Å². The Hall–Kier alpha value is -0.230. The minimum atomic E-state index is -0.705. The Morgan fingerprint density at radius 1 is 1.37 bits per heavy atom. The molecule has 0 amide bonds. The zero-order valence-corrected chi connectivity index (χ0v) is 22.1. The van der Waals surface area contributed by atoms with Crippen molar-refractivity contribution in [1.82, 2.24) is 15.5 Å². The second-order valence-electron chi connectivity index (χ2n) is 7.70. The molecule has 1 saturated carbocycles. The number of guanidine groups is 1. The van der Waals surface area contributed by atoms with Crippen LogP contribution >= 0.6 is 35.3 Å². The number of rotatable bonds is 8. The first-order chi connectivity index (χ1) is 14.2. The second kappa shape index (κ2) is 14.0. The lowest BCUT2D eigenvalue weighted by Crippen LogP contribution is -2.47. The summed E-state index contributed by atoms with van der Waals surface area (Å²) < 4.78 is 17.8. The van der Waals surface area contributed by atoms with Gasteiger partial charge in [-0.1, -0.05) is 19.4 Å². The van der Waals surface area contributed by atoms with Crippen LogP contribution in [0.5, 0.6) is 0 Å². The van der Waals surface area contributed by atoms with Crippen LogP contribution in [0.1, 0.15) is 50.4 Å². The molecule has 1 aromatic rings. The third kappa shape index (κ3) is 7.72. The van der Waals surface area contributed by atoms with E-state index in [4.69, 9.17) is 9.73 Å². The third-order valence-electron chi connectivity index (χ3n) is 5.75. The lowest BCUT2D eigenvalue weighted by Gasteiger charge is -2.33. The van der Waals surface area contributed by atoms with E-state index in [-0.39, 0.29) is 24.0 Å². The average molecular weight is 569 g/mol. The number of nitrogens with one attached hydrogen (secondary N) is 2. The predicted octanol–water partition coefficient (Wildman–Crippen LogP) is 3.37. The SMILES string of the molecule is CCNC(=NCC(c1cccs1)N1CCOCC1)NC1CCCC(S(=O)CC)C1.I. The van der Waals surface area contributed by atoms with E-state index in [1.165, 1.54) is 4.88 Å². The molecule has 2 aliphatic rings. The summed E-state index contributed by atoms with van der Waals surface area (Å²) in [6.07, 6.45) is 4.32. The normalized spacial score (nSPS) is 25.2. The van der Waals surface area contributed by atoms with Gasteiger partial charge in [-0.3, -0.25) is 14.1 Å². The summed E-state index contributed by atoms with van der Waals surface area (Å²) in [7, 11) is -0.705. The Kier molecular flexibility index (Phi) is 12.2. The van der Waals surface area contributed by atoms with Gasteiger partial charge in [-0.2, -0.15) is 0 Å². The van der Waals surface area contributed by atoms with Crippen LogP contribution < -0.4 is 10.6 Å². The van der Waals surface area contributed by atoms with Gasteiger partial charge < -0.3 is 15.4 Å². The number of morpholine rings is 1. The Bertz CT molecular complexity index is 653. The first-order valence-corrected chi connectivity index (χ1v) is 13.2. The summed E-state index contributed by atoms with van der Waals surface area (Å²) in [6, 6.07) is 4.98. The van der Waals surface area contributed by atoms with Crippen molar-refractivity contribution in [3.05, 3.63) is 22.4 Å². The van der Waals surface area contributed by atoms with Gasteiger partial charge in [0.2, 0.25) is 0 Å². The summed E-state index contributed by atoms with van der Waals surface area (Å²) in [4.78, 5) is 8.82. The summed E-state index contributed by atoms with van der Waals surface area (Å²) >= 11 is 1.80. The van der Waals surface area contributed by atoms with Gasteiger partial charge in [-0.25, -0.2) is 0 Å². The molecule has 2 fully saturated rings. The molecule has 6 nitrogen and oxygen atoms in total. The second-order valence-corrected chi connectivity index (χ2v) is 10.7. The van der Waals surface area contributed by atoms with Crippen LogP contribution in [0, 0.1) is 0 Å². The fourth-order valence-corrected chi connectivity index (χ4v) is 6.40. The van der Waals surface area contributed by atoms with Crippen LogP contribution in [-0.4, -0.2) is 71.5 Å². The first kappa shape index (κ1) is 26.0. The van der Waals surface area contributed by atoms with Crippen molar-refractivity contribution < 1.29 is 8.95 Å². The number of hydrogen-bond acceptors (Lipinski definition) is 5. The molecule has 1 aliphatic carbocycles. The fraction of sp³-hybridized carbons (Fsp3) is 0.762. The molecule has 0 spiro atoms. The highest BCUT2D eigenvalue weighted by Crippen LogP contribution is 2.26. The monoisotopic (exact) mass is 568 g/mol. The van der Waals surface area contributed by atoms with E-state index in [9.17, 15) is 4.21 Å². The van der Waals surface area contributed by atoms with Crippen molar-refractivity contribution in [3.63, 3.8) is 0 Å². The van der Waals surface area contributed by atoms with Crippen molar-refractivity contribution in [2.45, 2.75) is 56.9 Å². The van der Waals surface area contributed by atoms with E-state index < -0.39 is 10.8 Å². The van der Waals surface area contributed by atoms with Gasteiger partial charge in [0.25, 0.3) is 0 Å². The minimum Gasteiger partial charge on any atom is -0.379 e. The number of aliphatic imine (C=N–C) groups is 1. The molecule has 1 aromatic heterocycles. The Morgan fingerprint density at radius 2 is 2.17 bits per heavy atom. The lowest BCUT2D eigenvalue weighted by molar-refractivity contribution is 0.0186. The van der Waals surface area contributed by atoms with Gasteiger partial charge in [-0.15, -0.1) is 35.3 Å². The number of hydrogen-bond donors (Lipinski definition) is 2. The van der Waals surface area contributed by atoms with Crippen LogP contribution in [0.3, 0.4) is 0 Å². The van der Waals surface area contributed by atoms with Crippen LogP contribution in [0.2, 0.25) is 0 Å². The molecule has 2 heterocycles. The van der Waals surface area contributed by atoms with Gasteiger partial charge in [0.1, 0.15) is 0 Å². The smallest absolute Gasteiger partial charge is 0.191 e. The molecule has 0 aromatic carbocycles. The standard InChI is InChI=1S/C21H36N4O2S2.HI/c1-3-22-21(24-17-7-5-8-18(15-17)29(26)4-2)23-16-19(20-9-6-14-28-20)25-10-12-27-13-11-25;/h6,9,14,17-19H,3-5,7-8,10-13,15-16H2,1-2H3,(H2,22,23,24);1H. The van der Waals surface area contributed by atoms with Gasteiger partial charge in [0.15, 0.2) is 5.96 Å². The van der Waals surface area contributed by atoms with Crippen molar-refractivity contribution in [1.29, 1.82) is 0 Å². The van der Waals surface area contributed by atoms with Crippen LogP contribution in [0.15, 0.2) is 22.5 Å². The predicted molar refractivity (Wildman–Crippen MR) is 139 cm³/mol. The number of thiophene rings is 1. The van der Waals surface area contributed by atoms with Gasteiger partial charge >= 0.3 is 0 Å². The Balaban J connectivity index is 0.00000320. The summed E-state index contributed by atoms with van der Waals surface area (Å²) in [5, 5.41) is 9.51. The minimum absolute atomic E-state index is 0. The summed E-state index contributed by atoms with van der Waals surface area (Å²) in [6.45, 7) is 9.19. The van der Waals surface area contributed by atoms with Crippen molar-refractivity contribution in [2.24, 2.45) is 4.99 Å². The number of nitrogens with zero attached hydrogens (tertiary/aromatic N) is 2. The van der Waals surface area contributed by atoms with E-state index in [1.807, 2.05) is 6.92 Å².